The van der Waals surface area contributed by atoms with E-state index in [9.17, 15) is 4.79 Å². The van der Waals surface area contributed by atoms with Gasteiger partial charge in [-0.2, -0.15) is 0 Å². The lowest BCUT2D eigenvalue weighted by Crippen LogP contribution is -2.27. The van der Waals surface area contributed by atoms with Crippen LogP contribution in [0.5, 0.6) is 11.5 Å². The van der Waals surface area contributed by atoms with Gasteiger partial charge in [-0.1, -0.05) is 12.1 Å². The Morgan fingerprint density at radius 3 is 2.56 bits per heavy atom. The van der Waals surface area contributed by atoms with E-state index in [-0.39, 0.29) is 11.9 Å². The second-order valence-electron chi connectivity index (χ2n) is 6.79. The molecule has 0 spiro atoms. The van der Waals surface area contributed by atoms with E-state index >= 15 is 0 Å². The van der Waals surface area contributed by atoms with Crippen molar-refractivity contribution in [1.82, 2.24) is 5.32 Å². The van der Waals surface area contributed by atoms with Gasteiger partial charge in [-0.15, -0.1) is 0 Å². The molecule has 1 N–H and O–H groups in total. The molecule has 130 valence electrons. The maximum absolute atomic E-state index is 12.6. The Morgan fingerprint density at radius 1 is 0.960 bits per heavy atom. The van der Waals surface area contributed by atoms with Crippen molar-refractivity contribution in [3.63, 3.8) is 0 Å². The van der Waals surface area contributed by atoms with Gasteiger partial charge in [0.2, 0.25) is 0 Å². The third-order valence-corrected chi connectivity index (χ3v) is 5.02. The van der Waals surface area contributed by atoms with Crippen LogP contribution in [0.2, 0.25) is 0 Å². The fourth-order valence-corrected chi connectivity index (χ4v) is 3.57. The molecule has 0 fully saturated rings. The summed E-state index contributed by atoms with van der Waals surface area (Å²) in [7, 11) is 0. The molecule has 0 radical (unpaired) electrons. The van der Waals surface area contributed by atoms with Crippen molar-refractivity contribution in [2.45, 2.75) is 38.6 Å². The van der Waals surface area contributed by atoms with Crippen LogP contribution < -0.4 is 14.8 Å². The van der Waals surface area contributed by atoms with Crippen molar-refractivity contribution in [3.8, 4) is 11.5 Å². The monoisotopic (exact) mass is 337 g/mol. The maximum Gasteiger partial charge on any atom is 0.251 e. The minimum Gasteiger partial charge on any atom is -0.486 e. The SMILES string of the molecule is C[C@H](NC(=O)c1ccc2c(c1)CCCC2)c1ccc2c(c1)OCCO2. The molecular weight excluding hydrogens is 314 g/mol. The first kappa shape index (κ1) is 16.0. The lowest BCUT2D eigenvalue weighted by molar-refractivity contribution is 0.0939. The summed E-state index contributed by atoms with van der Waals surface area (Å²) < 4.78 is 11.2. The summed E-state index contributed by atoms with van der Waals surface area (Å²) in [6.07, 6.45) is 4.67. The third-order valence-electron chi connectivity index (χ3n) is 5.02. The van der Waals surface area contributed by atoms with E-state index in [1.807, 2.05) is 31.2 Å². The molecule has 4 nitrogen and oxygen atoms in total. The number of hydrogen-bond acceptors (Lipinski definition) is 3. The highest BCUT2D eigenvalue weighted by molar-refractivity contribution is 5.94. The van der Waals surface area contributed by atoms with E-state index in [4.69, 9.17) is 9.47 Å². The van der Waals surface area contributed by atoms with Crippen LogP contribution in [0, 0.1) is 0 Å². The molecule has 2 aromatic rings. The zero-order chi connectivity index (χ0) is 17.2. The minimum atomic E-state index is -0.0978. The number of carbonyl (C=O) groups is 1. The van der Waals surface area contributed by atoms with E-state index in [2.05, 4.69) is 17.4 Å². The molecule has 0 bridgehead atoms. The van der Waals surface area contributed by atoms with Crippen LogP contribution in [0.3, 0.4) is 0 Å². The normalized spacial score (nSPS) is 16.7. The number of rotatable bonds is 3. The number of benzene rings is 2. The van der Waals surface area contributed by atoms with Crippen LogP contribution in [0.4, 0.5) is 0 Å². The van der Waals surface area contributed by atoms with Crippen LogP contribution in [0.25, 0.3) is 0 Å². The van der Waals surface area contributed by atoms with Gasteiger partial charge in [0, 0.05) is 5.56 Å². The predicted molar refractivity (Wildman–Crippen MR) is 96.4 cm³/mol. The van der Waals surface area contributed by atoms with E-state index in [0.29, 0.717) is 13.2 Å². The Bertz CT molecular complexity index is 800. The van der Waals surface area contributed by atoms with Crippen LogP contribution in [-0.2, 0) is 12.8 Å². The number of aryl methyl sites for hydroxylation is 2. The molecule has 0 aromatic heterocycles. The van der Waals surface area contributed by atoms with Gasteiger partial charge >= 0.3 is 0 Å². The highest BCUT2D eigenvalue weighted by Crippen LogP contribution is 2.32. The molecule has 4 heteroatoms. The van der Waals surface area contributed by atoms with Crippen LogP contribution in [-0.4, -0.2) is 19.1 Å². The summed E-state index contributed by atoms with van der Waals surface area (Å²) >= 11 is 0. The summed E-state index contributed by atoms with van der Waals surface area (Å²) in [5, 5.41) is 3.09. The molecule has 1 atom stereocenters. The molecule has 0 saturated heterocycles. The van der Waals surface area contributed by atoms with Gasteiger partial charge in [0.25, 0.3) is 5.91 Å². The average molecular weight is 337 g/mol. The molecule has 2 aromatic carbocycles. The van der Waals surface area contributed by atoms with Crippen LogP contribution in [0.1, 0.15) is 52.9 Å². The Balaban J connectivity index is 1.48. The molecular formula is C21H23NO3. The fourth-order valence-electron chi connectivity index (χ4n) is 3.57. The highest BCUT2D eigenvalue weighted by atomic mass is 16.6. The number of nitrogens with one attached hydrogen (secondary N) is 1. The molecule has 0 saturated carbocycles. The molecule has 0 unspecified atom stereocenters. The summed E-state index contributed by atoms with van der Waals surface area (Å²) in [6.45, 7) is 3.13. The summed E-state index contributed by atoms with van der Waals surface area (Å²) in [5.74, 6) is 1.48. The Morgan fingerprint density at radius 2 is 1.72 bits per heavy atom. The van der Waals surface area contributed by atoms with E-state index in [0.717, 1.165) is 35.5 Å². The number of amides is 1. The molecule has 1 heterocycles. The summed E-state index contributed by atoms with van der Waals surface area (Å²) in [6, 6.07) is 11.8. The largest absolute Gasteiger partial charge is 0.486 e. The van der Waals surface area contributed by atoms with Gasteiger partial charge in [0.15, 0.2) is 11.5 Å². The van der Waals surface area contributed by atoms with Gasteiger partial charge in [0.1, 0.15) is 13.2 Å². The number of ether oxygens (including phenoxy) is 2. The lowest BCUT2D eigenvalue weighted by Gasteiger charge is -2.21. The van der Waals surface area contributed by atoms with Crippen molar-refractivity contribution in [1.29, 1.82) is 0 Å². The smallest absolute Gasteiger partial charge is 0.251 e. The lowest BCUT2D eigenvalue weighted by atomic mass is 9.90. The summed E-state index contributed by atoms with van der Waals surface area (Å²) in [4.78, 5) is 12.6. The molecule has 1 aliphatic heterocycles. The Labute approximate surface area is 148 Å². The standard InChI is InChI=1S/C21H23NO3/c1-14(16-8-9-19-20(13-16)25-11-10-24-19)22-21(23)18-7-6-15-4-2-3-5-17(15)12-18/h6-9,12-14H,2-5,10-11H2,1H3,(H,22,23)/t14-/m0/s1. The average Bonchev–Trinajstić information content (AvgIpc) is 2.67. The van der Waals surface area contributed by atoms with Gasteiger partial charge in [-0.05, 0) is 73.6 Å². The van der Waals surface area contributed by atoms with Gasteiger partial charge < -0.3 is 14.8 Å². The van der Waals surface area contributed by atoms with E-state index in [1.54, 1.807) is 0 Å². The molecule has 25 heavy (non-hydrogen) atoms. The van der Waals surface area contributed by atoms with E-state index in [1.165, 1.54) is 24.0 Å². The van der Waals surface area contributed by atoms with Gasteiger partial charge in [-0.3, -0.25) is 4.79 Å². The minimum absolute atomic E-state index is 0.0317. The topological polar surface area (TPSA) is 47.6 Å². The predicted octanol–water partition coefficient (Wildman–Crippen LogP) is 3.83. The number of hydrogen-bond donors (Lipinski definition) is 1. The first-order valence-electron chi connectivity index (χ1n) is 9.03. The number of fused-ring (bicyclic) bond motifs is 2. The van der Waals surface area contributed by atoms with Crippen molar-refractivity contribution in [2.24, 2.45) is 0 Å². The van der Waals surface area contributed by atoms with E-state index < -0.39 is 0 Å². The second-order valence-corrected chi connectivity index (χ2v) is 6.79. The van der Waals surface area contributed by atoms with Crippen LogP contribution >= 0.6 is 0 Å². The Hall–Kier alpha value is -2.49. The van der Waals surface area contributed by atoms with Gasteiger partial charge in [0.05, 0.1) is 6.04 Å². The van der Waals surface area contributed by atoms with Gasteiger partial charge in [-0.25, -0.2) is 0 Å². The Kier molecular flexibility index (Phi) is 4.35. The molecule has 1 aliphatic carbocycles. The van der Waals surface area contributed by atoms with Crippen molar-refractivity contribution < 1.29 is 14.3 Å². The van der Waals surface area contributed by atoms with Crippen molar-refractivity contribution in [2.75, 3.05) is 13.2 Å². The molecule has 4 rings (SSSR count). The summed E-state index contributed by atoms with van der Waals surface area (Å²) in [5.41, 5.74) is 4.47. The maximum atomic E-state index is 12.6. The van der Waals surface area contributed by atoms with Crippen LogP contribution in [0.15, 0.2) is 36.4 Å². The number of carbonyl (C=O) groups excluding carboxylic acids is 1. The highest BCUT2D eigenvalue weighted by Gasteiger charge is 2.17. The zero-order valence-corrected chi connectivity index (χ0v) is 14.5. The molecule has 2 aliphatic rings. The molecule has 1 amide bonds. The second kappa shape index (κ2) is 6.79. The van der Waals surface area contributed by atoms with Crippen molar-refractivity contribution >= 4 is 5.91 Å². The quantitative estimate of drug-likeness (QED) is 0.926. The zero-order valence-electron chi connectivity index (χ0n) is 14.5. The first-order valence-corrected chi connectivity index (χ1v) is 9.03. The van der Waals surface area contributed by atoms with Crippen molar-refractivity contribution in [3.05, 3.63) is 58.7 Å². The fraction of sp³-hybridized carbons (Fsp3) is 0.381. The first-order chi connectivity index (χ1) is 12.2. The third kappa shape index (κ3) is 3.34.